The van der Waals surface area contributed by atoms with Crippen LogP contribution in [0.25, 0.3) is 0 Å². The standard InChI is InChI=1S/C13H24N2O3/c1-3-13(2)6-8-15(9-7-13)12(18)10(14)4-5-11(16)17/h10H,3-9,14H2,1-2H3,(H,16,17). The SMILES string of the molecule is CCC1(C)CCN(C(=O)C(N)CCC(=O)O)CC1. The maximum Gasteiger partial charge on any atom is 0.303 e. The molecule has 3 N–H and O–H groups in total. The van der Waals surface area contributed by atoms with Crippen LogP contribution >= 0.6 is 0 Å². The molecule has 0 aliphatic carbocycles. The fourth-order valence-electron chi connectivity index (χ4n) is 2.26. The van der Waals surface area contributed by atoms with Gasteiger partial charge in [-0.15, -0.1) is 0 Å². The van der Waals surface area contributed by atoms with Crippen molar-refractivity contribution < 1.29 is 14.7 Å². The summed E-state index contributed by atoms with van der Waals surface area (Å²) in [7, 11) is 0. The summed E-state index contributed by atoms with van der Waals surface area (Å²) in [4.78, 5) is 24.2. The third kappa shape index (κ3) is 3.98. The summed E-state index contributed by atoms with van der Waals surface area (Å²) in [5.74, 6) is -1.01. The van der Waals surface area contributed by atoms with E-state index < -0.39 is 12.0 Å². The van der Waals surface area contributed by atoms with Crippen molar-refractivity contribution in [1.82, 2.24) is 4.90 Å². The first-order valence-corrected chi connectivity index (χ1v) is 6.64. The van der Waals surface area contributed by atoms with Crippen molar-refractivity contribution in [3.05, 3.63) is 0 Å². The summed E-state index contributed by atoms with van der Waals surface area (Å²) in [6.45, 7) is 5.91. The van der Waals surface area contributed by atoms with Crippen LogP contribution in [0.3, 0.4) is 0 Å². The average Bonchev–Trinajstić information content (AvgIpc) is 2.36. The van der Waals surface area contributed by atoms with Crippen molar-refractivity contribution in [2.24, 2.45) is 11.1 Å². The third-order valence-corrected chi connectivity index (χ3v) is 4.12. The van der Waals surface area contributed by atoms with Gasteiger partial charge in [0.05, 0.1) is 6.04 Å². The lowest BCUT2D eigenvalue weighted by Crippen LogP contribution is -2.48. The number of carboxylic acids is 1. The molecule has 0 spiro atoms. The molecule has 1 atom stereocenters. The van der Waals surface area contributed by atoms with Gasteiger partial charge in [-0.2, -0.15) is 0 Å². The monoisotopic (exact) mass is 256 g/mol. The normalized spacial score (nSPS) is 20.5. The second-order valence-corrected chi connectivity index (χ2v) is 5.53. The van der Waals surface area contributed by atoms with Crippen LogP contribution in [-0.2, 0) is 9.59 Å². The molecule has 1 aliphatic rings. The number of carbonyl (C=O) groups excluding carboxylic acids is 1. The number of hydrogen-bond donors (Lipinski definition) is 2. The van der Waals surface area contributed by atoms with Crippen LogP contribution < -0.4 is 5.73 Å². The molecule has 1 rings (SSSR count). The Morgan fingerprint density at radius 2 is 1.94 bits per heavy atom. The van der Waals surface area contributed by atoms with E-state index in [1.54, 1.807) is 4.90 Å². The second kappa shape index (κ2) is 6.18. The number of hydrogen-bond acceptors (Lipinski definition) is 3. The van der Waals surface area contributed by atoms with E-state index in [1.165, 1.54) is 0 Å². The predicted molar refractivity (Wildman–Crippen MR) is 69.1 cm³/mol. The van der Waals surface area contributed by atoms with Crippen molar-refractivity contribution in [3.8, 4) is 0 Å². The van der Waals surface area contributed by atoms with Crippen LogP contribution in [0.1, 0.15) is 46.0 Å². The molecular formula is C13H24N2O3. The minimum absolute atomic E-state index is 0.0482. The fraction of sp³-hybridized carbons (Fsp3) is 0.846. The molecule has 1 saturated heterocycles. The molecule has 18 heavy (non-hydrogen) atoms. The van der Waals surface area contributed by atoms with Gasteiger partial charge >= 0.3 is 5.97 Å². The Bertz CT molecular complexity index is 309. The minimum atomic E-state index is -0.907. The number of carboxylic acid groups (broad SMARTS) is 1. The van der Waals surface area contributed by atoms with Crippen LogP contribution in [0.15, 0.2) is 0 Å². The topological polar surface area (TPSA) is 83.6 Å². The Labute approximate surface area is 108 Å². The number of piperidine rings is 1. The average molecular weight is 256 g/mol. The molecule has 1 fully saturated rings. The first kappa shape index (κ1) is 15.0. The molecule has 0 saturated carbocycles. The number of nitrogens with two attached hydrogens (primary N) is 1. The molecule has 1 aliphatic heterocycles. The molecule has 5 nitrogen and oxygen atoms in total. The molecule has 0 bridgehead atoms. The Morgan fingerprint density at radius 1 is 1.39 bits per heavy atom. The number of rotatable bonds is 5. The van der Waals surface area contributed by atoms with Crippen LogP contribution in [0.4, 0.5) is 0 Å². The fourth-order valence-corrected chi connectivity index (χ4v) is 2.26. The summed E-state index contributed by atoms with van der Waals surface area (Å²) < 4.78 is 0. The lowest BCUT2D eigenvalue weighted by atomic mass is 9.78. The Morgan fingerprint density at radius 3 is 2.39 bits per heavy atom. The Hall–Kier alpha value is -1.10. The van der Waals surface area contributed by atoms with Crippen LogP contribution in [0, 0.1) is 5.41 Å². The summed E-state index contributed by atoms with van der Waals surface area (Å²) in [6, 6.07) is -0.674. The maximum atomic E-state index is 12.0. The lowest BCUT2D eigenvalue weighted by molar-refractivity contribution is -0.138. The first-order valence-electron chi connectivity index (χ1n) is 6.64. The highest BCUT2D eigenvalue weighted by Crippen LogP contribution is 2.34. The smallest absolute Gasteiger partial charge is 0.303 e. The van der Waals surface area contributed by atoms with E-state index in [0.717, 1.165) is 32.4 Å². The Balaban J connectivity index is 2.42. The molecule has 0 aromatic rings. The van der Waals surface area contributed by atoms with Crippen molar-refractivity contribution >= 4 is 11.9 Å². The maximum absolute atomic E-state index is 12.0. The zero-order valence-corrected chi connectivity index (χ0v) is 11.3. The van der Waals surface area contributed by atoms with Crippen LogP contribution in [0.2, 0.25) is 0 Å². The van der Waals surface area contributed by atoms with Gasteiger partial charge in [0, 0.05) is 19.5 Å². The minimum Gasteiger partial charge on any atom is -0.481 e. The van der Waals surface area contributed by atoms with E-state index in [1.807, 2.05) is 0 Å². The molecule has 0 radical (unpaired) electrons. The van der Waals surface area contributed by atoms with E-state index in [4.69, 9.17) is 10.8 Å². The van der Waals surface area contributed by atoms with Gasteiger partial charge in [0.15, 0.2) is 0 Å². The van der Waals surface area contributed by atoms with Crippen molar-refractivity contribution in [2.45, 2.75) is 52.0 Å². The van der Waals surface area contributed by atoms with Crippen molar-refractivity contribution in [3.63, 3.8) is 0 Å². The summed E-state index contributed by atoms with van der Waals surface area (Å²) in [5, 5.41) is 8.57. The van der Waals surface area contributed by atoms with E-state index in [9.17, 15) is 9.59 Å². The molecular weight excluding hydrogens is 232 g/mol. The number of carbonyl (C=O) groups is 2. The highest BCUT2D eigenvalue weighted by molar-refractivity contribution is 5.82. The van der Waals surface area contributed by atoms with Gasteiger partial charge in [-0.25, -0.2) is 0 Å². The number of amides is 1. The molecule has 1 amide bonds. The zero-order valence-electron chi connectivity index (χ0n) is 11.3. The van der Waals surface area contributed by atoms with Crippen LogP contribution in [0.5, 0.6) is 0 Å². The number of likely N-dealkylation sites (tertiary alicyclic amines) is 1. The van der Waals surface area contributed by atoms with Gasteiger partial charge in [-0.1, -0.05) is 20.3 Å². The van der Waals surface area contributed by atoms with Crippen molar-refractivity contribution in [1.29, 1.82) is 0 Å². The molecule has 5 heteroatoms. The quantitative estimate of drug-likeness (QED) is 0.774. The molecule has 104 valence electrons. The highest BCUT2D eigenvalue weighted by Gasteiger charge is 2.31. The first-order chi connectivity index (χ1) is 8.38. The largest absolute Gasteiger partial charge is 0.481 e. The van der Waals surface area contributed by atoms with E-state index in [0.29, 0.717) is 5.41 Å². The lowest BCUT2D eigenvalue weighted by Gasteiger charge is -2.39. The van der Waals surface area contributed by atoms with E-state index in [2.05, 4.69) is 13.8 Å². The zero-order chi connectivity index (χ0) is 13.8. The number of aliphatic carboxylic acids is 1. The second-order valence-electron chi connectivity index (χ2n) is 5.53. The van der Waals surface area contributed by atoms with Gasteiger partial charge in [-0.3, -0.25) is 9.59 Å². The van der Waals surface area contributed by atoms with E-state index >= 15 is 0 Å². The van der Waals surface area contributed by atoms with Crippen LogP contribution in [-0.4, -0.2) is 41.0 Å². The van der Waals surface area contributed by atoms with Gasteiger partial charge in [0.2, 0.25) is 5.91 Å². The third-order valence-electron chi connectivity index (χ3n) is 4.12. The summed E-state index contributed by atoms with van der Waals surface area (Å²) in [6.07, 6.45) is 3.30. The van der Waals surface area contributed by atoms with Gasteiger partial charge in [0.25, 0.3) is 0 Å². The van der Waals surface area contributed by atoms with Crippen molar-refractivity contribution in [2.75, 3.05) is 13.1 Å². The summed E-state index contributed by atoms with van der Waals surface area (Å²) >= 11 is 0. The highest BCUT2D eigenvalue weighted by atomic mass is 16.4. The number of nitrogens with zero attached hydrogens (tertiary/aromatic N) is 1. The Kier molecular flexibility index (Phi) is 5.14. The molecule has 0 aromatic carbocycles. The molecule has 0 aromatic heterocycles. The van der Waals surface area contributed by atoms with Gasteiger partial charge in [-0.05, 0) is 24.7 Å². The van der Waals surface area contributed by atoms with E-state index in [-0.39, 0.29) is 18.7 Å². The predicted octanol–water partition coefficient (Wildman–Crippen LogP) is 1.22. The molecule has 1 unspecified atom stereocenters. The molecule has 1 heterocycles. The van der Waals surface area contributed by atoms with Gasteiger partial charge < -0.3 is 15.7 Å². The summed E-state index contributed by atoms with van der Waals surface area (Å²) in [5.41, 5.74) is 6.08. The van der Waals surface area contributed by atoms with Gasteiger partial charge in [0.1, 0.15) is 0 Å².